The summed E-state index contributed by atoms with van der Waals surface area (Å²) in [6.07, 6.45) is 2.42. The molecule has 0 saturated carbocycles. The lowest BCUT2D eigenvalue weighted by Crippen LogP contribution is -2.20. The minimum Gasteiger partial charge on any atom is -0.368 e. The van der Waals surface area contributed by atoms with E-state index in [0.29, 0.717) is 6.42 Å². The van der Waals surface area contributed by atoms with Crippen molar-refractivity contribution in [1.29, 1.82) is 0 Å². The molecule has 0 aromatic heterocycles. The first-order valence-electron chi connectivity index (χ1n) is 4.09. The van der Waals surface area contributed by atoms with E-state index >= 15 is 0 Å². The zero-order valence-corrected chi connectivity index (χ0v) is 6.67. The van der Waals surface area contributed by atoms with Crippen LogP contribution in [-0.4, -0.2) is 18.2 Å². The van der Waals surface area contributed by atoms with Crippen LogP contribution in [0.4, 0.5) is 0 Å². The predicted octanol–water partition coefficient (Wildman–Crippen LogP) is 0.328. The summed E-state index contributed by atoms with van der Waals surface area (Å²) in [4.78, 5) is 10.8. The summed E-state index contributed by atoms with van der Waals surface area (Å²) >= 11 is 0. The highest BCUT2D eigenvalue weighted by molar-refractivity contribution is 6.06. The van der Waals surface area contributed by atoms with Gasteiger partial charge in [-0.15, -0.1) is 0 Å². The van der Waals surface area contributed by atoms with Gasteiger partial charge in [-0.1, -0.05) is 0 Å². The highest BCUT2D eigenvalue weighted by atomic mass is 16.5. The summed E-state index contributed by atoms with van der Waals surface area (Å²) in [7, 11) is 0. The number of hydrogen-bond donors (Lipinski definition) is 1. The van der Waals surface area contributed by atoms with E-state index in [1.807, 2.05) is 0 Å². The monoisotopic (exact) mass is 166 g/mol. The zero-order chi connectivity index (χ0) is 8.39. The third kappa shape index (κ3) is 1.48. The highest BCUT2D eigenvalue weighted by Gasteiger charge is 2.26. The zero-order valence-electron chi connectivity index (χ0n) is 6.67. The van der Waals surface area contributed by atoms with Crippen LogP contribution in [0.1, 0.15) is 19.3 Å². The second kappa shape index (κ2) is 3.23. The van der Waals surface area contributed by atoms with Crippen LogP contribution in [0.5, 0.6) is 0 Å². The predicted molar refractivity (Wildman–Crippen MR) is 42.1 cm³/mol. The summed E-state index contributed by atoms with van der Waals surface area (Å²) < 4.78 is 5.06. The highest BCUT2D eigenvalue weighted by Crippen LogP contribution is 2.21. The molecule has 0 bridgehead atoms. The Morgan fingerprint density at radius 2 is 2.58 bits per heavy atom. The fourth-order valence-corrected chi connectivity index (χ4v) is 1.39. The molecule has 2 aliphatic heterocycles. The van der Waals surface area contributed by atoms with E-state index in [4.69, 9.17) is 4.74 Å². The summed E-state index contributed by atoms with van der Waals surface area (Å²) in [5.41, 5.74) is 3.28. The van der Waals surface area contributed by atoms with Gasteiger partial charge in [-0.05, 0) is 12.8 Å². The number of amides is 1. The van der Waals surface area contributed by atoms with Crippen molar-refractivity contribution in [2.45, 2.75) is 19.3 Å². The van der Waals surface area contributed by atoms with Crippen LogP contribution in [0.2, 0.25) is 0 Å². The Morgan fingerprint density at radius 3 is 3.17 bits per heavy atom. The SMILES string of the molecule is O=C1CC(C2[C]OCCC2)=NN1. The molecular formula is C8H10N2O2. The van der Waals surface area contributed by atoms with Crippen molar-refractivity contribution in [3.63, 3.8) is 0 Å². The molecule has 2 radical (unpaired) electrons. The molecule has 1 saturated heterocycles. The first-order valence-corrected chi connectivity index (χ1v) is 4.09. The van der Waals surface area contributed by atoms with Crippen molar-refractivity contribution < 1.29 is 9.53 Å². The van der Waals surface area contributed by atoms with Crippen LogP contribution >= 0.6 is 0 Å². The standard InChI is InChI=1S/C8H10N2O2/c11-8-4-7(9-10-8)6-2-1-3-12-5-6/h6H,1-4H2,(H,10,11). The number of hydrogen-bond acceptors (Lipinski definition) is 3. The second-order valence-corrected chi connectivity index (χ2v) is 2.98. The number of rotatable bonds is 1. The largest absolute Gasteiger partial charge is 0.368 e. The number of ether oxygens (including phenoxy) is 1. The van der Waals surface area contributed by atoms with Crippen LogP contribution in [-0.2, 0) is 9.53 Å². The van der Waals surface area contributed by atoms with E-state index in [1.54, 1.807) is 0 Å². The van der Waals surface area contributed by atoms with Crippen molar-refractivity contribution in [2.24, 2.45) is 11.0 Å². The van der Waals surface area contributed by atoms with Crippen LogP contribution in [0.25, 0.3) is 0 Å². The number of hydrazone groups is 1. The Morgan fingerprint density at radius 1 is 1.67 bits per heavy atom. The molecule has 2 heterocycles. The van der Waals surface area contributed by atoms with Crippen molar-refractivity contribution in [3.05, 3.63) is 6.61 Å². The van der Waals surface area contributed by atoms with Crippen molar-refractivity contribution in [3.8, 4) is 0 Å². The smallest absolute Gasteiger partial charge is 0.245 e. The minimum atomic E-state index is -0.0302. The van der Waals surface area contributed by atoms with E-state index in [0.717, 1.165) is 25.2 Å². The topological polar surface area (TPSA) is 50.7 Å². The fraction of sp³-hybridized carbons (Fsp3) is 0.625. The molecule has 0 aromatic carbocycles. The van der Waals surface area contributed by atoms with Crippen LogP contribution in [0.15, 0.2) is 5.10 Å². The van der Waals surface area contributed by atoms with Gasteiger partial charge < -0.3 is 4.74 Å². The first-order chi connectivity index (χ1) is 5.86. The molecule has 0 spiro atoms. The molecule has 4 nitrogen and oxygen atoms in total. The minimum absolute atomic E-state index is 0.0302. The molecule has 12 heavy (non-hydrogen) atoms. The number of nitrogens with one attached hydrogen (secondary N) is 1. The average Bonchev–Trinajstić information content (AvgIpc) is 2.54. The van der Waals surface area contributed by atoms with Crippen molar-refractivity contribution >= 4 is 11.6 Å². The molecule has 0 aliphatic carbocycles. The van der Waals surface area contributed by atoms with Crippen molar-refractivity contribution in [1.82, 2.24) is 5.43 Å². The van der Waals surface area contributed by atoms with Gasteiger partial charge in [0.05, 0.1) is 12.1 Å². The lowest BCUT2D eigenvalue weighted by Gasteiger charge is -2.19. The van der Waals surface area contributed by atoms with Crippen molar-refractivity contribution in [2.75, 3.05) is 6.61 Å². The third-order valence-electron chi connectivity index (χ3n) is 2.03. The normalized spacial score (nSPS) is 29.8. The van der Waals surface area contributed by atoms with Gasteiger partial charge in [-0.3, -0.25) is 4.79 Å². The lowest BCUT2D eigenvalue weighted by molar-refractivity contribution is -0.119. The Hall–Kier alpha value is -0.900. The van der Waals surface area contributed by atoms with Crippen LogP contribution in [0.3, 0.4) is 0 Å². The fourth-order valence-electron chi connectivity index (χ4n) is 1.39. The van der Waals surface area contributed by atoms with Crippen LogP contribution in [0, 0.1) is 12.5 Å². The van der Waals surface area contributed by atoms with Gasteiger partial charge in [-0.25, -0.2) is 5.43 Å². The second-order valence-electron chi connectivity index (χ2n) is 2.98. The summed E-state index contributed by atoms with van der Waals surface area (Å²) in [6, 6.07) is 0. The molecule has 4 heteroatoms. The number of nitrogens with zero attached hydrogens (tertiary/aromatic N) is 1. The molecule has 1 unspecified atom stereocenters. The molecule has 1 N–H and O–H groups in total. The van der Waals surface area contributed by atoms with Gasteiger partial charge in [0.15, 0.2) is 0 Å². The molecular weight excluding hydrogens is 156 g/mol. The quantitative estimate of drug-likeness (QED) is 0.610. The molecule has 1 amide bonds. The Labute approximate surface area is 71.0 Å². The number of carbonyl (C=O) groups excluding carboxylic acids is 1. The average molecular weight is 166 g/mol. The lowest BCUT2D eigenvalue weighted by atomic mass is 9.95. The third-order valence-corrected chi connectivity index (χ3v) is 2.03. The van der Waals surface area contributed by atoms with Gasteiger partial charge in [0.2, 0.25) is 5.91 Å². The van der Waals surface area contributed by atoms with Gasteiger partial charge >= 0.3 is 0 Å². The summed E-state index contributed by atoms with van der Waals surface area (Å²) in [6.45, 7) is 3.60. The molecule has 1 fully saturated rings. The van der Waals surface area contributed by atoms with E-state index in [9.17, 15) is 4.79 Å². The maximum absolute atomic E-state index is 10.8. The van der Waals surface area contributed by atoms with Gasteiger partial charge in [0.1, 0.15) is 6.61 Å². The Kier molecular flexibility index (Phi) is 2.08. The van der Waals surface area contributed by atoms with Gasteiger partial charge in [0.25, 0.3) is 0 Å². The molecule has 0 aromatic rings. The maximum Gasteiger partial charge on any atom is 0.245 e. The maximum atomic E-state index is 10.8. The Bertz CT molecular complexity index is 219. The number of carbonyl (C=O) groups is 1. The molecule has 64 valence electrons. The first kappa shape index (κ1) is 7.73. The van der Waals surface area contributed by atoms with E-state index in [-0.39, 0.29) is 11.8 Å². The molecule has 2 aliphatic rings. The van der Waals surface area contributed by atoms with E-state index < -0.39 is 0 Å². The van der Waals surface area contributed by atoms with Gasteiger partial charge in [0, 0.05) is 12.5 Å². The van der Waals surface area contributed by atoms with E-state index in [1.165, 1.54) is 0 Å². The summed E-state index contributed by atoms with van der Waals surface area (Å²) in [5, 5.41) is 3.92. The molecule has 2 rings (SSSR count). The molecule has 1 atom stereocenters. The Balaban J connectivity index is 1.95. The van der Waals surface area contributed by atoms with E-state index in [2.05, 4.69) is 17.1 Å². The summed E-state index contributed by atoms with van der Waals surface area (Å²) in [5.74, 6) is 0.0927. The van der Waals surface area contributed by atoms with Gasteiger partial charge in [-0.2, -0.15) is 5.10 Å². The van der Waals surface area contributed by atoms with Crippen LogP contribution < -0.4 is 5.43 Å².